The third kappa shape index (κ3) is 6.39. The van der Waals surface area contributed by atoms with E-state index in [-0.39, 0.29) is 32.6 Å². The highest BCUT2D eigenvalue weighted by Crippen LogP contribution is 2.35. The van der Waals surface area contributed by atoms with Crippen LogP contribution in [0.4, 0.5) is 11.4 Å². The second-order valence-electron chi connectivity index (χ2n) is 7.99. The molecule has 3 aromatic rings. The topological polar surface area (TPSA) is 140 Å². The normalized spacial score (nSPS) is 11.6. The quantitative estimate of drug-likeness (QED) is 0.221. The first-order chi connectivity index (χ1) is 18.0. The fraction of sp³-hybridized carbons (Fsp3) is 0.200. The average Bonchev–Trinajstić information content (AvgIpc) is 2.90. The Bertz CT molecular complexity index is 1490. The number of nitro groups is 1. The number of sulfonamides is 1. The Morgan fingerprint density at radius 1 is 1.08 bits per heavy atom. The average molecular weight is 561 g/mol. The van der Waals surface area contributed by atoms with Crippen LogP contribution in [-0.4, -0.2) is 45.7 Å². The summed E-state index contributed by atoms with van der Waals surface area (Å²) in [6.07, 6.45) is 0. The summed E-state index contributed by atoms with van der Waals surface area (Å²) in [6, 6.07) is 14.7. The van der Waals surface area contributed by atoms with E-state index in [9.17, 15) is 23.3 Å². The minimum Gasteiger partial charge on any atom is -0.497 e. The maximum atomic E-state index is 13.7. The molecule has 0 spiro atoms. The number of anilines is 1. The van der Waals surface area contributed by atoms with Crippen LogP contribution in [0, 0.1) is 17.0 Å². The third-order valence-electron chi connectivity index (χ3n) is 5.52. The van der Waals surface area contributed by atoms with E-state index < -0.39 is 27.4 Å². The van der Waals surface area contributed by atoms with Gasteiger partial charge in [-0.2, -0.15) is 5.10 Å². The molecule has 0 aromatic heterocycles. The number of rotatable bonds is 10. The predicted molar refractivity (Wildman–Crippen MR) is 144 cm³/mol. The van der Waals surface area contributed by atoms with E-state index in [0.717, 1.165) is 10.4 Å². The first kappa shape index (κ1) is 28.4. The largest absolute Gasteiger partial charge is 0.497 e. The molecule has 0 radical (unpaired) electrons. The van der Waals surface area contributed by atoms with E-state index >= 15 is 0 Å². The van der Waals surface area contributed by atoms with Gasteiger partial charge in [0.1, 0.15) is 18.0 Å². The Morgan fingerprint density at radius 2 is 1.76 bits per heavy atom. The summed E-state index contributed by atoms with van der Waals surface area (Å²) in [5.74, 6) is -0.00590. The molecule has 0 unspecified atom stereocenters. The van der Waals surface area contributed by atoms with E-state index in [1.807, 2.05) is 0 Å². The fourth-order valence-corrected chi connectivity index (χ4v) is 5.05. The van der Waals surface area contributed by atoms with E-state index in [1.54, 1.807) is 38.3 Å². The van der Waals surface area contributed by atoms with Crippen LogP contribution in [0.15, 0.2) is 70.7 Å². The van der Waals surface area contributed by atoms with Crippen LogP contribution < -0.4 is 19.2 Å². The molecule has 38 heavy (non-hydrogen) atoms. The first-order valence-corrected chi connectivity index (χ1v) is 12.9. The number of nitrogens with zero attached hydrogens (tertiary/aromatic N) is 3. The number of carbonyl (C=O) groups is 1. The summed E-state index contributed by atoms with van der Waals surface area (Å²) in [5, 5.41) is 15.7. The standard InChI is InChI=1S/C25H25ClN4O7S/c1-16-5-11-21(14-22(16)30(32)33)38(34,35)29(23-13-19(26)8-12-24(23)37-4)15-25(31)28-27-17(2)18-6-9-20(36-3)10-7-18/h5-14H,15H2,1-4H3,(H,28,31)/b27-17-. The summed E-state index contributed by atoms with van der Waals surface area (Å²) in [6.45, 7) is 2.44. The van der Waals surface area contributed by atoms with Crippen LogP contribution in [0.2, 0.25) is 5.02 Å². The highest BCUT2D eigenvalue weighted by Gasteiger charge is 2.31. The molecule has 200 valence electrons. The lowest BCUT2D eigenvalue weighted by Crippen LogP contribution is -2.40. The predicted octanol–water partition coefficient (Wildman–Crippen LogP) is 4.31. The van der Waals surface area contributed by atoms with E-state index in [0.29, 0.717) is 17.0 Å². The van der Waals surface area contributed by atoms with Crippen molar-refractivity contribution in [3.63, 3.8) is 0 Å². The van der Waals surface area contributed by atoms with Gasteiger partial charge in [-0.15, -0.1) is 0 Å². The van der Waals surface area contributed by atoms with Crippen molar-refractivity contribution < 1.29 is 27.6 Å². The number of methoxy groups -OCH3 is 2. The molecule has 13 heteroatoms. The van der Waals surface area contributed by atoms with Gasteiger partial charge in [0.2, 0.25) is 0 Å². The van der Waals surface area contributed by atoms with E-state index in [4.69, 9.17) is 21.1 Å². The van der Waals surface area contributed by atoms with Gasteiger partial charge in [-0.05, 0) is 67.9 Å². The molecule has 0 saturated heterocycles. The van der Waals surface area contributed by atoms with E-state index in [1.165, 1.54) is 44.4 Å². The molecule has 3 aromatic carbocycles. The minimum atomic E-state index is -4.50. The van der Waals surface area contributed by atoms with Crippen LogP contribution in [0.25, 0.3) is 0 Å². The lowest BCUT2D eigenvalue weighted by molar-refractivity contribution is -0.385. The molecule has 0 aliphatic carbocycles. The van der Waals surface area contributed by atoms with Gasteiger partial charge in [0.05, 0.1) is 35.4 Å². The number of benzene rings is 3. The molecule has 3 rings (SSSR count). The highest BCUT2D eigenvalue weighted by molar-refractivity contribution is 7.92. The summed E-state index contributed by atoms with van der Waals surface area (Å²) in [5.41, 5.74) is 3.39. The number of nitrogens with one attached hydrogen (secondary N) is 1. The molecular formula is C25H25ClN4O7S. The third-order valence-corrected chi connectivity index (χ3v) is 7.51. The first-order valence-electron chi connectivity index (χ1n) is 11.1. The SMILES string of the molecule is COc1ccc(/C(C)=N\NC(=O)CN(c2cc(Cl)ccc2OC)S(=O)(=O)c2ccc(C)c([N+](=O)[O-])c2)cc1. The Balaban J connectivity index is 2.00. The number of hydrogen-bond acceptors (Lipinski definition) is 8. The number of ether oxygens (including phenoxy) is 2. The van der Waals surface area contributed by atoms with Gasteiger partial charge in [0.15, 0.2) is 0 Å². The number of carbonyl (C=O) groups excluding carboxylic acids is 1. The fourth-order valence-electron chi connectivity index (χ4n) is 3.44. The van der Waals surface area contributed by atoms with Crippen LogP contribution >= 0.6 is 11.6 Å². The van der Waals surface area contributed by atoms with Gasteiger partial charge in [-0.3, -0.25) is 19.2 Å². The molecule has 0 aliphatic rings. The molecule has 0 fully saturated rings. The van der Waals surface area contributed by atoms with Gasteiger partial charge in [0.25, 0.3) is 21.6 Å². The molecule has 1 amide bonds. The highest BCUT2D eigenvalue weighted by atomic mass is 35.5. The molecule has 0 bridgehead atoms. The van der Waals surface area contributed by atoms with Crippen molar-refractivity contribution in [1.82, 2.24) is 5.43 Å². The molecule has 0 atom stereocenters. The van der Waals surface area contributed by atoms with Crippen molar-refractivity contribution in [2.75, 3.05) is 25.1 Å². The number of amides is 1. The van der Waals surface area contributed by atoms with Crippen molar-refractivity contribution >= 4 is 44.6 Å². The molecule has 0 heterocycles. The summed E-state index contributed by atoms with van der Waals surface area (Å²) >= 11 is 6.13. The maximum absolute atomic E-state index is 13.7. The van der Waals surface area contributed by atoms with Gasteiger partial charge in [-0.1, -0.05) is 17.7 Å². The lowest BCUT2D eigenvalue weighted by Gasteiger charge is -2.25. The second-order valence-corrected chi connectivity index (χ2v) is 10.3. The van der Waals surface area contributed by atoms with Crippen LogP contribution in [0.5, 0.6) is 11.5 Å². The monoisotopic (exact) mass is 560 g/mol. The van der Waals surface area contributed by atoms with Gasteiger partial charge < -0.3 is 9.47 Å². The molecular weight excluding hydrogens is 536 g/mol. The number of hydrazone groups is 1. The zero-order chi connectivity index (χ0) is 28.0. The Kier molecular flexibility index (Phi) is 8.92. The zero-order valence-electron chi connectivity index (χ0n) is 21.0. The maximum Gasteiger partial charge on any atom is 0.273 e. The molecule has 11 nitrogen and oxygen atoms in total. The minimum absolute atomic E-state index is 0.0331. The smallest absolute Gasteiger partial charge is 0.273 e. The van der Waals surface area contributed by atoms with Crippen molar-refractivity contribution in [2.45, 2.75) is 18.7 Å². The number of hydrogen-bond donors (Lipinski definition) is 1. The van der Waals surface area contributed by atoms with Crippen molar-refractivity contribution in [3.8, 4) is 11.5 Å². The Hall–Kier alpha value is -4.16. The molecule has 1 N–H and O–H groups in total. The molecule has 0 aliphatic heterocycles. The van der Waals surface area contributed by atoms with Gasteiger partial charge in [0, 0.05) is 16.7 Å². The Labute approximate surface area is 224 Å². The summed E-state index contributed by atoms with van der Waals surface area (Å²) < 4.78 is 38.7. The van der Waals surface area contributed by atoms with Crippen molar-refractivity contribution in [3.05, 3.63) is 86.9 Å². The lowest BCUT2D eigenvalue weighted by atomic mass is 10.1. The number of aryl methyl sites for hydroxylation is 1. The summed E-state index contributed by atoms with van der Waals surface area (Å²) in [7, 11) is -1.63. The summed E-state index contributed by atoms with van der Waals surface area (Å²) in [4.78, 5) is 23.3. The van der Waals surface area contributed by atoms with Gasteiger partial charge >= 0.3 is 0 Å². The van der Waals surface area contributed by atoms with Crippen LogP contribution in [-0.2, 0) is 14.8 Å². The second kappa shape index (κ2) is 11.9. The number of nitro benzene ring substituents is 1. The van der Waals surface area contributed by atoms with Crippen LogP contribution in [0.1, 0.15) is 18.1 Å². The molecule has 0 saturated carbocycles. The van der Waals surface area contributed by atoms with Crippen LogP contribution in [0.3, 0.4) is 0 Å². The Morgan fingerprint density at radius 3 is 2.37 bits per heavy atom. The zero-order valence-corrected chi connectivity index (χ0v) is 22.5. The van der Waals surface area contributed by atoms with Crippen molar-refractivity contribution in [2.24, 2.45) is 5.10 Å². The van der Waals surface area contributed by atoms with Crippen molar-refractivity contribution in [1.29, 1.82) is 0 Å². The van der Waals surface area contributed by atoms with Gasteiger partial charge in [-0.25, -0.2) is 13.8 Å². The van der Waals surface area contributed by atoms with E-state index in [2.05, 4.69) is 10.5 Å². The number of halogens is 1.